The van der Waals surface area contributed by atoms with Crippen LogP contribution in [0.2, 0.25) is 5.15 Å². The molecule has 0 atom stereocenters. The van der Waals surface area contributed by atoms with Crippen LogP contribution in [0.1, 0.15) is 21.6 Å². The van der Waals surface area contributed by atoms with Gasteiger partial charge in [-0.3, -0.25) is 4.79 Å². The highest BCUT2D eigenvalue weighted by Gasteiger charge is 2.18. The van der Waals surface area contributed by atoms with E-state index < -0.39 is 0 Å². The van der Waals surface area contributed by atoms with Gasteiger partial charge in [-0.1, -0.05) is 77.5 Å². The smallest absolute Gasteiger partial charge is 0.275 e. The van der Waals surface area contributed by atoms with E-state index in [0.717, 1.165) is 11.1 Å². The molecule has 1 heterocycles. The quantitative estimate of drug-likeness (QED) is 0.784. The highest BCUT2D eigenvalue weighted by molar-refractivity contribution is 6.32. The molecule has 5 nitrogen and oxygen atoms in total. The van der Waals surface area contributed by atoms with Crippen molar-refractivity contribution in [2.45, 2.75) is 13.1 Å². The van der Waals surface area contributed by atoms with Crippen molar-refractivity contribution in [3.8, 4) is 0 Å². The number of amides is 1. The molecule has 0 aliphatic rings. The summed E-state index contributed by atoms with van der Waals surface area (Å²) in [5.74, 6) is -0.335. The Morgan fingerprint density at radius 1 is 1.00 bits per heavy atom. The molecule has 0 aliphatic carbocycles. The van der Waals surface area contributed by atoms with E-state index >= 15 is 0 Å². The van der Waals surface area contributed by atoms with Crippen LogP contribution in [0.4, 0.5) is 0 Å². The maximum absolute atomic E-state index is 12.2. The van der Waals surface area contributed by atoms with Crippen molar-refractivity contribution >= 4 is 17.5 Å². The van der Waals surface area contributed by atoms with Crippen molar-refractivity contribution in [3.05, 3.63) is 82.6 Å². The topological polar surface area (TPSA) is 59.8 Å². The maximum Gasteiger partial charge on any atom is 0.275 e. The lowest BCUT2D eigenvalue weighted by molar-refractivity contribution is 0.0946. The van der Waals surface area contributed by atoms with Crippen molar-refractivity contribution in [1.29, 1.82) is 0 Å². The predicted octanol–water partition coefficient (Wildman–Crippen LogP) is 2.91. The zero-order chi connectivity index (χ0) is 16.1. The minimum atomic E-state index is -0.335. The molecule has 1 aromatic heterocycles. The molecule has 0 aliphatic heterocycles. The van der Waals surface area contributed by atoms with Gasteiger partial charge in [-0.25, -0.2) is 4.68 Å². The summed E-state index contributed by atoms with van der Waals surface area (Å²) < 4.78 is 1.51. The third-order valence-electron chi connectivity index (χ3n) is 3.36. The van der Waals surface area contributed by atoms with Crippen LogP contribution in [0.25, 0.3) is 0 Å². The predicted molar refractivity (Wildman–Crippen MR) is 88.2 cm³/mol. The number of aromatic nitrogens is 3. The first-order valence-electron chi connectivity index (χ1n) is 7.19. The first-order valence-corrected chi connectivity index (χ1v) is 7.57. The van der Waals surface area contributed by atoms with E-state index in [-0.39, 0.29) is 16.8 Å². The Morgan fingerprint density at radius 3 is 2.26 bits per heavy atom. The van der Waals surface area contributed by atoms with E-state index in [1.165, 1.54) is 4.68 Å². The van der Waals surface area contributed by atoms with E-state index in [2.05, 4.69) is 15.6 Å². The van der Waals surface area contributed by atoms with Gasteiger partial charge in [0.25, 0.3) is 5.91 Å². The Morgan fingerprint density at radius 2 is 1.61 bits per heavy atom. The first-order chi connectivity index (χ1) is 11.2. The lowest BCUT2D eigenvalue weighted by Gasteiger charge is -2.04. The molecular formula is C17H15ClN4O. The van der Waals surface area contributed by atoms with E-state index in [9.17, 15) is 4.79 Å². The summed E-state index contributed by atoms with van der Waals surface area (Å²) >= 11 is 6.23. The molecule has 0 radical (unpaired) electrons. The SMILES string of the molecule is O=C(NCc1ccccc1)c1nnn(Cc2ccccc2)c1Cl. The molecule has 6 heteroatoms. The van der Waals surface area contributed by atoms with Crippen molar-refractivity contribution in [2.24, 2.45) is 0 Å². The second-order valence-electron chi connectivity index (χ2n) is 5.04. The average Bonchev–Trinajstić information content (AvgIpc) is 2.95. The Hall–Kier alpha value is -2.66. The van der Waals surface area contributed by atoms with Crippen LogP contribution >= 0.6 is 11.6 Å². The van der Waals surface area contributed by atoms with Crippen LogP contribution in [-0.4, -0.2) is 20.9 Å². The van der Waals surface area contributed by atoms with Gasteiger partial charge in [0, 0.05) is 6.54 Å². The Kier molecular flexibility index (Phi) is 4.68. The normalized spacial score (nSPS) is 10.5. The third-order valence-corrected chi connectivity index (χ3v) is 3.73. The summed E-state index contributed by atoms with van der Waals surface area (Å²) in [6, 6.07) is 19.4. The molecule has 0 fully saturated rings. The second-order valence-corrected chi connectivity index (χ2v) is 5.40. The van der Waals surface area contributed by atoms with Gasteiger partial charge in [0.15, 0.2) is 10.8 Å². The molecule has 0 unspecified atom stereocenters. The molecular weight excluding hydrogens is 312 g/mol. The number of benzene rings is 2. The van der Waals surface area contributed by atoms with Crippen LogP contribution in [0.15, 0.2) is 60.7 Å². The fourth-order valence-electron chi connectivity index (χ4n) is 2.16. The molecule has 2 aromatic carbocycles. The standard InChI is InChI=1S/C17H15ClN4O/c18-16-15(17(23)19-11-13-7-3-1-4-8-13)20-21-22(16)12-14-9-5-2-6-10-14/h1-10H,11-12H2,(H,19,23). The van der Waals surface area contributed by atoms with Crippen molar-refractivity contribution < 1.29 is 4.79 Å². The van der Waals surface area contributed by atoms with Crippen molar-refractivity contribution in [1.82, 2.24) is 20.3 Å². The Labute approximate surface area is 138 Å². The molecule has 3 rings (SSSR count). The molecule has 0 bridgehead atoms. The van der Waals surface area contributed by atoms with Crippen LogP contribution in [0, 0.1) is 0 Å². The number of hydrogen-bond donors (Lipinski definition) is 1. The summed E-state index contributed by atoms with van der Waals surface area (Å²) in [7, 11) is 0. The number of nitrogens with zero attached hydrogens (tertiary/aromatic N) is 3. The van der Waals surface area contributed by atoms with E-state index in [4.69, 9.17) is 11.6 Å². The number of halogens is 1. The number of carbonyl (C=O) groups excluding carboxylic acids is 1. The van der Waals surface area contributed by atoms with Gasteiger partial charge in [0.05, 0.1) is 6.54 Å². The van der Waals surface area contributed by atoms with Crippen molar-refractivity contribution in [3.63, 3.8) is 0 Å². The lowest BCUT2D eigenvalue weighted by atomic mass is 10.2. The van der Waals surface area contributed by atoms with Gasteiger partial charge in [0.2, 0.25) is 0 Å². The molecule has 3 aromatic rings. The van der Waals surface area contributed by atoms with E-state index in [0.29, 0.717) is 13.1 Å². The largest absolute Gasteiger partial charge is 0.346 e. The molecule has 116 valence electrons. The van der Waals surface area contributed by atoms with Crippen LogP contribution < -0.4 is 5.32 Å². The molecule has 0 saturated carbocycles. The average molecular weight is 327 g/mol. The maximum atomic E-state index is 12.2. The second kappa shape index (κ2) is 7.07. The summed E-state index contributed by atoms with van der Waals surface area (Å²) in [5, 5.41) is 10.9. The number of hydrogen-bond acceptors (Lipinski definition) is 3. The van der Waals surface area contributed by atoms with Gasteiger partial charge in [0.1, 0.15) is 0 Å². The summed E-state index contributed by atoms with van der Waals surface area (Å²) in [6.45, 7) is 0.889. The fraction of sp³-hybridized carbons (Fsp3) is 0.118. The van der Waals surface area contributed by atoms with E-state index in [1.807, 2.05) is 60.7 Å². The highest BCUT2D eigenvalue weighted by Crippen LogP contribution is 2.15. The molecule has 0 spiro atoms. The monoisotopic (exact) mass is 326 g/mol. The highest BCUT2D eigenvalue weighted by atomic mass is 35.5. The van der Waals surface area contributed by atoms with Crippen molar-refractivity contribution in [2.75, 3.05) is 0 Å². The number of carbonyl (C=O) groups is 1. The molecule has 0 saturated heterocycles. The Bertz CT molecular complexity index is 787. The van der Waals surface area contributed by atoms with Gasteiger partial charge in [-0.2, -0.15) is 0 Å². The number of rotatable bonds is 5. The summed E-state index contributed by atoms with van der Waals surface area (Å²) in [5.41, 5.74) is 2.18. The molecule has 1 amide bonds. The number of nitrogens with one attached hydrogen (secondary N) is 1. The van der Waals surface area contributed by atoms with Crippen LogP contribution in [0.5, 0.6) is 0 Å². The van der Waals surface area contributed by atoms with Gasteiger partial charge >= 0.3 is 0 Å². The fourth-order valence-corrected chi connectivity index (χ4v) is 2.38. The Balaban J connectivity index is 1.67. The van der Waals surface area contributed by atoms with Gasteiger partial charge < -0.3 is 5.32 Å². The minimum Gasteiger partial charge on any atom is -0.346 e. The summed E-state index contributed by atoms with van der Waals surface area (Å²) in [6.07, 6.45) is 0. The third kappa shape index (κ3) is 3.76. The minimum absolute atomic E-state index is 0.138. The molecule has 1 N–H and O–H groups in total. The summed E-state index contributed by atoms with van der Waals surface area (Å²) in [4.78, 5) is 12.2. The van der Waals surface area contributed by atoms with Gasteiger partial charge in [-0.05, 0) is 11.1 Å². The molecule has 23 heavy (non-hydrogen) atoms. The van der Waals surface area contributed by atoms with Crippen LogP contribution in [-0.2, 0) is 13.1 Å². The zero-order valence-electron chi connectivity index (χ0n) is 12.3. The zero-order valence-corrected chi connectivity index (χ0v) is 13.1. The first kappa shape index (κ1) is 15.2. The van der Waals surface area contributed by atoms with E-state index in [1.54, 1.807) is 0 Å². The van der Waals surface area contributed by atoms with Crippen LogP contribution in [0.3, 0.4) is 0 Å². The lowest BCUT2D eigenvalue weighted by Crippen LogP contribution is -2.23. The van der Waals surface area contributed by atoms with Gasteiger partial charge in [-0.15, -0.1) is 5.10 Å².